The van der Waals surface area contributed by atoms with Gasteiger partial charge >= 0.3 is 6.09 Å². The number of rotatable bonds is 8. The van der Waals surface area contributed by atoms with Gasteiger partial charge in [0, 0.05) is 24.3 Å². The molecule has 0 fully saturated rings. The number of hydrogen-bond donors (Lipinski definition) is 1. The van der Waals surface area contributed by atoms with E-state index in [0.29, 0.717) is 24.3 Å². The number of carbonyl (C=O) groups is 2. The third kappa shape index (κ3) is 6.40. The van der Waals surface area contributed by atoms with E-state index in [0.717, 1.165) is 24.8 Å². The van der Waals surface area contributed by atoms with Gasteiger partial charge in [-0.05, 0) is 42.3 Å². The van der Waals surface area contributed by atoms with E-state index in [1.807, 2.05) is 0 Å². The molecule has 0 aliphatic heterocycles. The van der Waals surface area contributed by atoms with E-state index in [2.05, 4.69) is 17.0 Å². The normalized spacial score (nSPS) is 10.3. The number of anilines is 1. The van der Waals surface area contributed by atoms with Crippen molar-refractivity contribution < 1.29 is 18.7 Å². The smallest absolute Gasteiger partial charge is 0.411 e. The summed E-state index contributed by atoms with van der Waals surface area (Å²) in [5, 5.41) is 2.56. The van der Waals surface area contributed by atoms with Gasteiger partial charge in [-0.3, -0.25) is 10.1 Å². The Bertz CT molecular complexity index is 762. The van der Waals surface area contributed by atoms with Gasteiger partial charge in [-0.25, -0.2) is 9.18 Å². The molecule has 2 rings (SSSR count). The monoisotopic (exact) mass is 372 g/mol. The minimum atomic E-state index is -0.592. The third-order valence-corrected chi connectivity index (χ3v) is 4.15. The van der Waals surface area contributed by atoms with Crippen molar-refractivity contribution in [2.24, 2.45) is 0 Å². The van der Waals surface area contributed by atoms with Gasteiger partial charge in [0.2, 0.25) is 0 Å². The van der Waals surface area contributed by atoms with Crippen molar-refractivity contribution in [3.8, 4) is 0 Å². The molecule has 0 unspecified atom stereocenters. The number of benzene rings is 2. The first-order valence-corrected chi connectivity index (χ1v) is 9.02. The van der Waals surface area contributed by atoms with Crippen molar-refractivity contribution in [3.05, 3.63) is 65.5 Å². The summed E-state index contributed by atoms with van der Waals surface area (Å²) >= 11 is 0. The molecule has 2 aromatic carbocycles. The van der Waals surface area contributed by atoms with Gasteiger partial charge in [-0.2, -0.15) is 0 Å². The predicted octanol–water partition coefficient (Wildman–Crippen LogP) is 4.84. The van der Waals surface area contributed by atoms with Crippen LogP contribution in [0.25, 0.3) is 0 Å². The van der Waals surface area contributed by atoms with Gasteiger partial charge in [0.25, 0.3) is 5.91 Å². The molecule has 144 valence electrons. The van der Waals surface area contributed by atoms with Crippen molar-refractivity contribution in [2.45, 2.75) is 32.7 Å². The first kappa shape index (κ1) is 20.4. The molecule has 0 saturated heterocycles. The molecular formula is C21H25FN2O3. The van der Waals surface area contributed by atoms with Crippen LogP contribution >= 0.6 is 0 Å². The average molecular weight is 372 g/mol. The van der Waals surface area contributed by atoms with Crippen LogP contribution in [0.3, 0.4) is 0 Å². The van der Waals surface area contributed by atoms with Gasteiger partial charge in [0.1, 0.15) is 5.82 Å². The van der Waals surface area contributed by atoms with Gasteiger partial charge in [0.05, 0.1) is 7.11 Å². The topological polar surface area (TPSA) is 58.6 Å². The molecule has 0 saturated carbocycles. The maximum atomic E-state index is 13.1. The number of halogens is 1. The molecule has 1 N–H and O–H groups in total. The van der Waals surface area contributed by atoms with Crippen LogP contribution in [0.15, 0.2) is 48.5 Å². The lowest BCUT2D eigenvalue weighted by Crippen LogP contribution is -2.31. The van der Waals surface area contributed by atoms with Crippen molar-refractivity contribution in [2.75, 3.05) is 19.0 Å². The summed E-state index contributed by atoms with van der Waals surface area (Å²) in [6.45, 7) is 3.12. The number of unbranched alkanes of at least 4 members (excludes halogenated alkanes) is 2. The fourth-order valence-electron chi connectivity index (χ4n) is 2.70. The molecule has 2 amide bonds. The summed E-state index contributed by atoms with van der Waals surface area (Å²) in [6, 6.07) is 12.9. The summed E-state index contributed by atoms with van der Waals surface area (Å²) in [5.74, 6) is -0.437. The minimum Gasteiger partial charge on any atom is -0.453 e. The zero-order valence-electron chi connectivity index (χ0n) is 15.7. The Balaban J connectivity index is 2.17. The lowest BCUT2D eigenvalue weighted by atomic mass is 10.1. The highest BCUT2D eigenvalue weighted by Crippen LogP contribution is 2.16. The van der Waals surface area contributed by atoms with E-state index < -0.39 is 6.09 Å². The van der Waals surface area contributed by atoms with Crippen LogP contribution in [0.4, 0.5) is 14.9 Å². The number of methoxy groups -OCH3 is 1. The standard InChI is InChI=1S/C21H25FN2O3/c1-3-4-5-13-24(15-16-9-11-18(22)12-10-16)20(25)17-7-6-8-19(14-17)23-21(26)27-2/h6-12,14H,3-5,13,15H2,1-2H3,(H,23,26). The van der Waals surface area contributed by atoms with Crippen LogP contribution in [-0.2, 0) is 11.3 Å². The Kier molecular flexibility index (Phi) is 7.79. The summed E-state index contributed by atoms with van der Waals surface area (Å²) in [7, 11) is 1.28. The highest BCUT2D eigenvalue weighted by molar-refractivity contribution is 5.96. The fourth-order valence-corrected chi connectivity index (χ4v) is 2.70. The molecule has 0 bridgehead atoms. The third-order valence-electron chi connectivity index (χ3n) is 4.15. The zero-order chi connectivity index (χ0) is 19.6. The molecule has 2 aromatic rings. The quantitative estimate of drug-likeness (QED) is 0.675. The lowest BCUT2D eigenvalue weighted by Gasteiger charge is -2.23. The fraction of sp³-hybridized carbons (Fsp3) is 0.333. The predicted molar refractivity (Wildman–Crippen MR) is 103 cm³/mol. The molecule has 6 heteroatoms. The van der Waals surface area contributed by atoms with Crippen molar-refractivity contribution in [3.63, 3.8) is 0 Å². The molecule has 5 nitrogen and oxygen atoms in total. The number of nitrogens with one attached hydrogen (secondary N) is 1. The SMILES string of the molecule is CCCCCN(Cc1ccc(F)cc1)C(=O)c1cccc(NC(=O)OC)c1. The van der Waals surface area contributed by atoms with Crippen LogP contribution in [-0.4, -0.2) is 30.6 Å². The maximum Gasteiger partial charge on any atom is 0.411 e. The summed E-state index contributed by atoms with van der Waals surface area (Å²) in [5.41, 5.74) is 1.83. The van der Waals surface area contributed by atoms with Gasteiger partial charge in [-0.1, -0.05) is 38.0 Å². The van der Waals surface area contributed by atoms with Gasteiger partial charge in [0.15, 0.2) is 0 Å². The summed E-state index contributed by atoms with van der Waals surface area (Å²) in [6.07, 6.45) is 2.38. The summed E-state index contributed by atoms with van der Waals surface area (Å²) in [4.78, 5) is 26.2. The second kappa shape index (κ2) is 10.3. The van der Waals surface area contributed by atoms with Gasteiger partial charge in [-0.15, -0.1) is 0 Å². The molecule has 27 heavy (non-hydrogen) atoms. The molecule has 0 spiro atoms. The molecular weight excluding hydrogens is 347 g/mol. The van der Waals surface area contributed by atoms with Crippen molar-refractivity contribution in [1.29, 1.82) is 0 Å². The van der Waals surface area contributed by atoms with E-state index in [1.165, 1.54) is 19.2 Å². The minimum absolute atomic E-state index is 0.135. The largest absolute Gasteiger partial charge is 0.453 e. The number of amides is 2. The van der Waals surface area contributed by atoms with Crippen LogP contribution in [0.5, 0.6) is 0 Å². The van der Waals surface area contributed by atoms with Crippen LogP contribution < -0.4 is 5.32 Å². The van der Waals surface area contributed by atoms with Crippen molar-refractivity contribution in [1.82, 2.24) is 4.90 Å². The maximum absolute atomic E-state index is 13.1. The molecule has 0 aliphatic carbocycles. The average Bonchev–Trinajstić information content (AvgIpc) is 2.68. The van der Waals surface area contributed by atoms with Crippen LogP contribution in [0.1, 0.15) is 42.1 Å². The first-order chi connectivity index (χ1) is 13.0. The summed E-state index contributed by atoms with van der Waals surface area (Å²) < 4.78 is 17.7. The Morgan fingerprint density at radius 2 is 1.85 bits per heavy atom. The zero-order valence-corrected chi connectivity index (χ0v) is 15.7. The molecule has 0 heterocycles. The number of carbonyl (C=O) groups excluding carboxylic acids is 2. The number of ether oxygens (including phenoxy) is 1. The van der Waals surface area contributed by atoms with E-state index in [-0.39, 0.29) is 11.7 Å². The van der Waals surface area contributed by atoms with E-state index in [1.54, 1.807) is 41.3 Å². The van der Waals surface area contributed by atoms with E-state index >= 15 is 0 Å². The van der Waals surface area contributed by atoms with Crippen molar-refractivity contribution >= 4 is 17.7 Å². The Morgan fingerprint density at radius 1 is 1.11 bits per heavy atom. The lowest BCUT2D eigenvalue weighted by molar-refractivity contribution is 0.0740. The number of nitrogens with zero attached hydrogens (tertiary/aromatic N) is 1. The number of hydrogen-bond acceptors (Lipinski definition) is 3. The highest BCUT2D eigenvalue weighted by atomic mass is 19.1. The molecule has 0 radical (unpaired) electrons. The second-order valence-corrected chi connectivity index (χ2v) is 6.26. The Morgan fingerprint density at radius 3 is 2.52 bits per heavy atom. The highest BCUT2D eigenvalue weighted by Gasteiger charge is 2.17. The van der Waals surface area contributed by atoms with Gasteiger partial charge < -0.3 is 9.64 Å². The second-order valence-electron chi connectivity index (χ2n) is 6.26. The van der Waals surface area contributed by atoms with E-state index in [9.17, 15) is 14.0 Å². The molecule has 0 aromatic heterocycles. The Labute approximate surface area is 159 Å². The first-order valence-electron chi connectivity index (χ1n) is 9.02. The van der Waals surface area contributed by atoms with E-state index in [4.69, 9.17) is 0 Å². The Hall–Kier alpha value is -2.89. The van der Waals surface area contributed by atoms with Crippen LogP contribution in [0.2, 0.25) is 0 Å². The van der Waals surface area contributed by atoms with Crippen LogP contribution in [0, 0.1) is 5.82 Å². The molecule has 0 aliphatic rings. The molecule has 0 atom stereocenters.